The van der Waals surface area contributed by atoms with Crippen LogP contribution in [-0.2, 0) is 4.79 Å². The van der Waals surface area contributed by atoms with Crippen molar-refractivity contribution in [3.63, 3.8) is 0 Å². The van der Waals surface area contributed by atoms with E-state index >= 15 is 0 Å². The van der Waals surface area contributed by atoms with Crippen molar-refractivity contribution in [2.75, 3.05) is 6.61 Å². The maximum absolute atomic E-state index is 12.4. The van der Waals surface area contributed by atoms with Gasteiger partial charge in [0.25, 0.3) is 11.8 Å². The van der Waals surface area contributed by atoms with Gasteiger partial charge in [-0.3, -0.25) is 25.8 Å². The van der Waals surface area contributed by atoms with Crippen LogP contribution in [0.4, 0.5) is 0 Å². The van der Waals surface area contributed by atoms with Crippen LogP contribution < -0.4 is 25.6 Å². The van der Waals surface area contributed by atoms with Gasteiger partial charge in [0.05, 0.1) is 6.61 Å². The molecule has 0 bridgehead atoms. The third-order valence-electron chi connectivity index (χ3n) is 5.01. The molecule has 8 heteroatoms. The van der Waals surface area contributed by atoms with Crippen molar-refractivity contribution in [3.8, 4) is 11.5 Å². The summed E-state index contributed by atoms with van der Waals surface area (Å²) < 4.78 is 11.4. The van der Waals surface area contributed by atoms with Crippen LogP contribution in [0.3, 0.4) is 0 Å². The zero-order valence-corrected chi connectivity index (χ0v) is 20.3. The first-order chi connectivity index (χ1) is 16.3. The van der Waals surface area contributed by atoms with E-state index in [4.69, 9.17) is 21.7 Å². The average Bonchev–Trinajstić information content (AvgIpc) is 2.82. The van der Waals surface area contributed by atoms with Gasteiger partial charge in [-0.15, -0.1) is 0 Å². The Morgan fingerprint density at radius 3 is 2.26 bits per heavy atom. The maximum Gasteiger partial charge on any atom is 0.279 e. The SMILES string of the molecule is CC(C)CCOc1ccc(C(=O)NC(=S)NNC(=O)C(C)Oc2ccc3ccccc3c2)cc1. The number of carbonyl (C=O) groups is 2. The number of rotatable bonds is 8. The molecule has 0 spiro atoms. The number of hydrazine groups is 1. The predicted molar refractivity (Wildman–Crippen MR) is 137 cm³/mol. The van der Waals surface area contributed by atoms with E-state index < -0.39 is 17.9 Å². The van der Waals surface area contributed by atoms with E-state index in [1.165, 1.54) is 0 Å². The van der Waals surface area contributed by atoms with Crippen LogP contribution in [0.1, 0.15) is 37.6 Å². The zero-order chi connectivity index (χ0) is 24.5. The van der Waals surface area contributed by atoms with Crippen molar-refractivity contribution in [2.45, 2.75) is 33.3 Å². The van der Waals surface area contributed by atoms with Gasteiger partial charge in [0.15, 0.2) is 11.2 Å². The molecule has 0 heterocycles. The highest BCUT2D eigenvalue weighted by Crippen LogP contribution is 2.21. The highest BCUT2D eigenvalue weighted by Gasteiger charge is 2.16. The fourth-order valence-electron chi connectivity index (χ4n) is 3.04. The van der Waals surface area contributed by atoms with Gasteiger partial charge >= 0.3 is 0 Å². The molecule has 1 atom stereocenters. The Kier molecular flexibility index (Phi) is 8.81. The van der Waals surface area contributed by atoms with Crippen molar-refractivity contribution < 1.29 is 19.1 Å². The summed E-state index contributed by atoms with van der Waals surface area (Å²) in [7, 11) is 0. The summed E-state index contributed by atoms with van der Waals surface area (Å²) >= 11 is 5.10. The fourth-order valence-corrected chi connectivity index (χ4v) is 3.18. The second kappa shape index (κ2) is 12.0. The fraction of sp³-hybridized carbons (Fsp3) is 0.269. The number of thiocarbonyl (C=S) groups is 1. The molecule has 3 N–H and O–H groups in total. The third kappa shape index (κ3) is 7.45. The van der Waals surface area contributed by atoms with Crippen molar-refractivity contribution >= 4 is 39.9 Å². The molecule has 3 aromatic carbocycles. The lowest BCUT2D eigenvalue weighted by Gasteiger charge is -2.16. The summed E-state index contributed by atoms with van der Waals surface area (Å²) in [5.74, 6) is 1.00. The van der Waals surface area contributed by atoms with Gasteiger partial charge in [-0.05, 0) is 78.7 Å². The molecule has 0 fully saturated rings. The maximum atomic E-state index is 12.4. The summed E-state index contributed by atoms with van der Waals surface area (Å²) in [5.41, 5.74) is 5.39. The van der Waals surface area contributed by atoms with Gasteiger partial charge in [0.1, 0.15) is 11.5 Å². The molecule has 0 aromatic heterocycles. The number of benzene rings is 3. The minimum Gasteiger partial charge on any atom is -0.494 e. The second-order valence-electron chi connectivity index (χ2n) is 8.22. The molecule has 2 amide bonds. The summed E-state index contributed by atoms with van der Waals surface area (Å²) in [6.45, 7) is 6.52. The van der Waals surface area contributed by atoms with Crippen molar-refractivity contribution in [3.05, 3.63) is 72.3 Å². The van der Waals surface area contributed by atoms with Crippen LogP contribution >= 0.6 is 12.2 Å². The quantitative estimate of drug-likeness (QED) is 0.329. The monoisotopic (exact) mass is 479 g/mol. The van der Waals surface area contributed by atoms with Crippen LogP contribution in [0.15, 0.2) is 66.7 Å². The Hall–Kier alpha value is -3.65. The normalized spacial score (nSPS) is 11.5. The number of fused-ring (bicyclic) bond motifs is 1. The third-order valence-corrected chi connectivity index (χ3v) is 5.21. The van der Waals surface area contributed by atoms with E-state index in [1.54, 1.807) is 31.2 Å². The minimum atomic E-state index is -0.782. The lowest BCUT2D eigenvalue weighted by Crippen LogP contribution is -2.51. The summed E-state index contributed by atoms with van der Waals surface area (Å²) in [6, 6.07) is 20.3. The first-order valence-electron chi connectivity index (χ1n) is 11.1. The molecule has 0 aliphatic rings. The van der Waals surface area contributed by atoms with E-state index in [9.17, 15) is 9.59 Å². The van der Waals surface area contributed by atoms with Crippen LogP contribution in [0.2, 0.25) is 0 Å². The van der Waals surface area contributed by atoms with E-state index in [2.05, 4.69) is 30.0 Å². The van der Waals surface area contributed by atoms with E-state index in [1.807, 2.05) is 42.5 Å². The molecular weight excluding hydrogens is 450 g/mol. The molecule has 0 aliphatic carbocycles. The Balaban J connectivity index is 1.43. The molecular formula is C26H29N3O4S. The molecule has 178 valence electrons. The minimum absolute atomic E-state index is 0.0338. The van der Waals surface area contributed by atoms with Gasteiger partial charge < -0.3 is 9.47 Å². The van der Waals surface area contributed by atoms with Crippen LogP contribution in [0.25, 0.3) is 10.8 Å². The Bertz CT molecular complexity index is 1150. The Morgan fingerprint density at radius 1 is 0.882 bits per heavy atom. The molecule has 0 aliphatic heterocycles. The number of hydrogen-bond donors (Lipinski definition) is 3. The van der Waals surface area contributed by atoms with Gasteiger partial charge in [-0.1, -0.05) is 44.2 Å². The van der Waals surface area contributed by atoms with E-state index in [0.717, 1.165) is 17.2 Å². The summed E-state index contributed by atoms with van der Waals surface area (Å²) in [6.07, 6.45) is 0.176. The van der Waals surface area contributed by atoms with Gasteiger partial charge in [0.2, 0.25) is 0 Å². The Labute approximate surface area is 204 Å². The predicted octanol–water partition coefficient (Wildman–Crippen LogP) is 4.37. The van der Waals surface area contributed by atoms with E-state index in [0.29, 0.717) is 29.6 Å². The second-order valence-corrected chi connectivity index (χ2v) is 8.63. The highest BCUT2D eigenvalue weighted by atomic mass is 32.1. The highest BCUT2D eigenvalue weighted by molar-refractivity contribution is 7.80. The molecule has 0 saturated carbocycles. The van der Waals surface area contributed by atoms with Gasteiger partial charge in [-0.2, -0.15) is 0 Å². The number of ether oxygens (including phenoxy) is 2. The van der Waals surface area contributed by atoms with Crippen LogP contribution in [-0.4, -0.2) is 29.6 Å². The molecule has 1 unspecified atom stereocenters. The molecule has 3 rings (SSSR count). The molecule has 0 saturated heterocycles. The van der Waals surface area contributed by atoms with Gasteiger partial charge in [0, 0.05) is 5.56 Å². The number of hydrogen-bond acceptors (Lipinski definition) is 5. The number of nitrogens with one attached hydrogen (secondary N) is 3. The molecule has 7 nitrogen and oxygen atoms in total. The molecule has 34 heavy (non-hydrogen) atoms. The van der Waals surface area contributed by atoms with Crippen molar-refractivity contribution in [1.29, 1.82) is 0 Å². The van der Waals surface area contributed by atoms with Crippen molar-refractivity contribution in [1.82, 2.24) is 16.2 Å². The average molecular weight is 480 g/mol. The first-order valence-corrected chi connectivity index (χ1v) is 11.5. The lowest BCUT2D eigenvalue weighted by molar-refractivity contribution is -0.127. The van der Waals surface area contributed by atoms with Gasteiger partial charge in [-0.25, -0.2) is 0 Å². The zero-order valence-electron chi connectivity index (χ0n) is 19.5. The summed E-state index contributed by atoms with van der Waals surface area (Å²) in [4.78, 5) is 24.7. The standard InChI is InChI=1S/C26H29N3O4S/c1-17(2)14-15-32-22-11-9-20(10-12-22)25(31)27-26(34)29-28-24(30)18(3)33-23-13-8-19-6-4-5-7-21(19)16-23/h4-13,16-18H,14-15H2,1-3H3,(H,28,30)(H2,27,29,31,34). The smallest absolute Gasteiger partial charge is 0.279 e. The number of amides is 2. The van der Waals surface area contributed by atoms with E-state index in [-0.39, 0.29) is 5.11 Å². The topological polar surface area (TPSA) is 88.7 Å². The lowest BCUT2D eigenvalue weighted by atomic mass is 10.1. The van der Waals surface area contributed by atoms with Crippen LogP contribution in [0.5, 0.6) is 11.5 Å². The van der Waals surface area contributed by atoms with Crippen molar-refractivity contribution in [2.24, 2.45) is 5.92 Å². The Morgan fingerprint density at radius 2 is 1.56 bits per heavy atom. The molecule has 0 radical (unpaired) electrons. The van der Waals surface area contributed by atoms with Crippen LogP contribution in [0, 0.1) is 5.92 Å². The molecule has 3 aromatic rings. The number of carbonyl (C=O) groups excluding carboxylic acids is 2. The summed E-state index contributed by atoms with van der Waals surface area (Å²) in [5, 5.41) is 4.59. The first kappa shape index (κ1) is 25.0. The largest absolute Gasteiger partial charge is 0.494 e.